The molecule has 0 fully saturated rings. The van der Waals surface area contributed by atoms with Gasteiger partial charge in [0.15, 0.2) is 0 Å². The molecule has 2 rings (SSSR count). The van der Waals surface area contributed by atoms with Gasteiger partial charge in [-0.1, -0.05) is 70.7 Å². The first-order valence-electron chi connectivity index (χ1n) is 9.85. The van der Waals surface area contributed by atoms with Gasteiger partial charge in [-0.3, -0.25) is 0 Å². The van der Waals surface area contributed by atoms with Crippen molar-refractivity contribution in [2.24, 2.45) is 11.8 Å². The third-order valence-electron chi connectivity index (χ3n) is 5.79. The van der Waals surface area contributed by atoms with Gasteiger partial charge in [0.25, 0.3) is 0 Å². The van der Waals surface area contributed by atoms with E-state index in [9.17, 15) is 0 Å². The summed E-state index contributed by atoms with van der Waals surface area (Å²) in [5.41, 5.74) is 5.50. The summed E-state index contributed by atoms with van der Waals surface area (Å²) in [7, 11) is 0. The highest BCUT2D eigenvalue weighted by atomic mass is 35.5. The number of fused-ring (bicyclic) bond motifs is 1. The molecule has 1 aromatic heterocycles. The maximum absolute atomic E-state index is 6.29. The molecule has 0 bridgehead atoms. The topological polar surface area (TPSA) is 15.8 Å². The Morgan fingerprint density at radius 2 is 1.88 bits per heavy atom. The van der Waals surface area contributed by atoms with Crippen molar-refractivity contribution in [2.75, 3.05) is 0 Å². The molecule has 0 radical (unpaired) electrons. The number of aromatic nitrogens is 1. The average molecular weight is 360 g/mol. The Bertz CT molecular complexity index is 725. The first-order chi connectivity index (χ1) is 11.9. The second-order valence-electron chi connectivity index (χ2n) is 7.78. The van der Waals surface area contributed by atoms with Gasteiger partial charge in [0.2, 0.25) is 0 Å². The van der Waals surface area contributed by atoms with Crippen LogP contribution in [0, 0.1) is 11.8 Å². The van der Waals surface area contributed by atoms with E-state index < -0.39 is 0 Å². The quantitative estimate of drug-likeness (QED) is 0.461. The zero-order valence-electron chi connectivity index (χ0n) is 16.7. The van der Waals surface area contributed by atoms with Crippen molar-refractivity contribution in [1.82, 2.24) is 4.98 Å². The minimum absolute atomic E-state index is 0.409. The van der Waals surface area contributed by atoms with Gasteiger partial charge in [-0.15, -0.1) is 0 Å². The fraction of sp³-hybridized carbons (Fsp3) is 0.565. The number of rotatable bonds is 8. The maximum atomic E-state index is 6.29. The first kappa shape index (κ1) is 20.1. The lowest BCUT2D eigenvalue weighted by molar-refractivity contribution is 0.516. The van der Waals surface area contributed by atoms with Crippen molar-refractivity contribution >= 4 is 22.5 Å². The largest absolute Gasteiger partial charge is 0.358 e. The molecular weight excluding hydrogens is 326 g/mol. The van der Waals surface area contributed by atoms with Crippen LogP contribution in [-0.2, 0) is 6.42 Å². The highest BCUT2D eigenvalue weighted by Gasteiger charge is 2.19. The highest BCUT2D eigenvalue weighted by Crippen LogP contribution is 2.34. The fourth-order valence-electron chi connectivity index (χ4n) is 3.41. The number of hydrogen-bond acceptors (Lipinski definition) is 0. The molecule has 1 N–H and O–H groups in total. The number of allylic oxidation sites excluding steroid dienone is 2. The number of aryl methyl sites for hydroxylation is 1. The van der Waals surface area contributed by atoms with Crippen LogP contribution in [0.1, 0.15) is 78.0 Å². The van der Waals surface area contributed by atoms with Crippen LogP contribution in [0.15, 0.2) is 29.8 Å². The first-order valence-corrected chi connectivity index (χ1v) is 10.2. The van der Waals surface area contributed by atoms with Crippen LogP contribution in [0.3, 0.4) is 0 Å². The van der Waals surface area contributed by atoms with Gasteiger partial charge < -0.3 is 4.98 Å². The fourth-order valence-corrected chi connectivity index (χ4v) is 3.59. The normalized spacial score (nSPS) is 16.2. The van der Waals surface area contributed by atoms with Gasteiger partial charge in [0.1, 0.15) is 0 Å². The van der Waals surface area contributed by atoms with E-state index in [1.807, 2.05) is 6.07 Å². The van der Waals surface area contributed by atoms with Crippen LogP contribution in [0.4, 0.5) is 0 Å². The average Bonchev–Trinajstić information content (AvgIpc) is 2.96. The Morgan fingerprint density at radius 1 is 1.16 bits per heavy atom. The van der Waals surface area contributed by atoms with Crippen LogP contribution in [0.2, 0.25) is 5.02 Å². The zero-order chi connectivity index (χ0) is 18.6. The van der Waals surface area contributed by atoms with E-state index in [-0.39, 0.29) is 0 Å². The van der Waals surface area contributed by atoms with Crippen molar-refractivity contribution in [3.8, 4) is 0 Å². The van der Waals surface area contributed by atoms with Gasteiger partial charge in [-0.25, -0.2) is 0 Å². The molecule has 0 aliphatic carbocycles. The predicted octanol–water partition coefficient (Wildman–Crippen LogP) is 7.90. The van der Waals surface area contributed by atoms with Gasteiger partial charge in [0, 0.05) is 27.5 Å². The molecule has 0 saturated carbocycles. The maximum Gasteiger partial charge on any atom is 0.0460 e. The molecule has 25 heavy (non-hydrogen) atoms. The van der Waals surface area contributed by atoms with Crippen LogP contribution < -0.4 is 0 Å². The van der Waals surface area contributed by atoms with Gasteiger partial charge in [-0.05, 0) is 55.4 Å². The van der Waals surface area contributed by atoms with E-state index in [0.29, 0.717) is 11.8 Å². The van der Waals surface area contributed by atoms with Gasteiger partial charge in [-0.2, -0.15) is 0 Å². The van der Waals surface area contributed by atoms with E-state index >= 15 is 0 Å². The summed E-state index contributed by atoms with van der Waals surface area (Å²) in [5, 5.41) is 2.12. The molecule has 2 unspecified atom stereocenters. The summed E-state index contributed by atoms with van der Waals surface area (Å²) in [6, 6.07) is 6.23. The lowest BCUT2D eigenvalue weighted by Gasteiger charge is -2.17. The molecule has 0 aliphatic heterocycles. The molecule has 1 heterocycles. The van der Waals surface area contributed by atoms with E-state index in [0.717, 1.165) is 17.4 Å². The molecule has 1 aromatic carbocycles. The van der Waals surface area contributed by atoms with E-state index in [1.165, 1.54) is 47.0 Å². The molecule has 138 valence electrons. The summed E-state index contributed by atoms with van der Waals surface area (Å²) in [6.45, 7) is 13.8. The number of benzene rings is 1. The van der Waals surface area contributed by atoms with Crippen molar-refractivity contribution in [3.63, 3.8) is 0 Å². The van der Waals surface area contributed by atoms with Crippen molar-refractivity contribution in [3.05, 3.63) is 46.1 Å². The van der Waals surface area contributed by atoms with E-state index in [4.69, 9.17) is 11.6 Å². The predicted molar refractivity (Wildman–Crippen MR) is 113 cm³/mol. The van der Waals surface area contributed by atoms with Crippen molar-refractivity contribution < 1.29 is 0 Å². The molecule has 0 amide bonds. The number of hydrogen-bond donors (Lipinski definition) is 1. The summed E-state index contributed by atoms with van der Waals surface area (Å²) < 4.78 is 0. The van der Waals surface area contributed by atoms with Gasteiger partial charge in [0.05, 0.1) is 0 Å². The molecule has 0 spiro atoms. The lowest BCUT2D eigenvalue weighted by atomic mass is 9.89. The summed E-state index contributed by atoms with van der Waals surface area (Å²) in [6.07, 6.45) is 7.20. The summed E-state index contributed by atoms with van der Waals surface area (Å²) in [5.74, 6) is 1.79. The van der Waals surface area contributed by atoms with Crippen LogP contribution >= 0.6 is 11.6 Å². The van der Waals surface area contributed by atoms with Crippen molar-refractivity contribution in [2.45, 2.75) is 73.1 Å². The van der Waals surface area contributed by atoms with Crippen LogP contribution in [0.5, 0.6) is 0 Å². The Balaban J connectivity index is 2.45. The number of halogens is 1. The standard InChI is InChI=1S/C23H34ClN/c1-7-15(3)9-11-20-21-14-19(24)10-12-22(21)25-23(20)18(6)17(5)13-16(4)8-2/h10,12-16,18,25H,7-9,11H2,1-6H3/b17-13+/t15-,16?,18?/m1/s1. The minimum atomic E-state index is 0.409. The molecular formula is C23H34ClN. The molecule has 2 aromatic rings. The Labute approximate surface area is 158 Å². The minimum Gasteiger partial charge on any atom is -0.358 e. The molecule has 0 aliphatic rings. The second-order valence-corrected chi connectivity index (χ2v) is 8.21. The highest BCUT2D eigenvalue weighted by molar-refractivity contribution is 6.31. The Kier molecular flexibility index (Phi) is 7.19. The number of nitrogens with one attached hydrogen (secondary N) is 1. The zero-order valence-corrected chi connectivity index (χ0v) is 17.5. The molecule has 0 saturated heterocycles. The van der Waals surface area contributed by atoms with E-state index in [2.05, 4.69) is 64.7 Å². The SMILES string of the molecule is CCC(C)/C=C(\C)C(C)c1[nH]c2ccc(Cl)cc2c1CC[C@H](C)CC. The Hall–Kier alpha value is -1.21. The van der Waals surface area contributed by atoms with Crippen LogP contribution in [-0.4, -0.2) is 4.98 Å². The second kappa shape index (κ2) is 8.94. The number of aromatic amines is 1. The summed E-state index contributed by atoms with van der Waals surface area (Å²) in [4.78, 5) is 3.71. The third-order valence-corrected chi connectivity index (χ3v) is 6.03. The van der Waals surface area contributed by atoms with E-state index in [1.54, 1.807) is 0 Å². The summed E-state index contributed by atoms with van der Waals surface area (Å²) >= 11 is 6.29. The number of H-pyrrole nitrogens is 1. The van der Waals surface area contributed by atoms with Gasteiger partial charge >= 0.3 is 0 Å². The third kappa shape index (κ3) is 4.91. The molecule has 2 heteroatoms. The molecule has 3 atom stereocenters. The Morgan fingerprint density at radius 3 is 2.52 bits per heavy atom. The van der Waals surface area contributed by atoms with Crippen molar-refractivity contribution in [1.29, 1.82) is 0 Å². The van der Waals surface area contributed by atoms with Crippen LogP contribution in [0.25, 0.3) is 10.9 Å². The molecule has 1 nitrogen and oxygen atoms in total. The smallest absolute Gasteiger partial charge is 0.0460 e. The lowest BCUT2D eigenvalue weighted by Crippen LogP contribution is -2.03. The monoisotopic (exact) mass is 359 g/mol.